The molecule has 0 spiro atoms. The van der Waals surface area contributed by atoms with E-state index in [-0.39, 0.29) is 33.8 Å². The molecular formula is C16H8Cl2N2O4. The van der Waals surface area contributed by atoms with Crippen molar-refractivity contribution in [3.05, 3.63) is 58.7 Å². The van der Waals surface area contributed by atoms with Crippen LogP contribution in [0.2, 0.25) is 0 Å². The maximum atomic E-state index is 12.6. The van der Waals surface area contributed by atoms with Crippen molar-refractivity contribution < 1.29 is 19.2 Å². The number of hydrogen-bond donors (Lipinski definition) is 2. The first-order valence-corrected chi connectivity index (χ1v) is 7.43. The molecule has 2 N–H and O–H groups in total. The summed E-state index contributed by atoms with van der Waals surface area (Å²) < 4.78 is 0. The number of benzene rings is 2. The van der Waals surface area contributed by atoms with Gasteiger partial charge in [0, 0.05) is 33.6 Å². The van der Waals surface area contributed by atoms with Crippen LogP contribution in [0.4, 0.5) is 21.0 Å². The Kier molecular flexibility index (Phi) is 4.09. The van der Waals surface area contributed by atoms with Gasteiger partial charge in [-0.25, -0.2) is 0 Å². The third kappa shape index (κ3) is 2.89. The van der Waals surface area contributed by atoms with Gasteiger partial charge in [0.05, 0.1) is 0 Å². The Labute approximate surface area is 145 Å². The topological polar surface area (TPSA) is 92.3 Å². The van der Waals surface area contributed by atoms with Crippen LogP contribution in [0, 0.1) is 0 Å². The summed E-state index contributed by atoms with van der Waals surface area (Å²) in [7, 11) is 0. The van der Waals surface area contributed by atoms with Crippen molar-refractivity contribution in [2.75, 3.05) is 10.6 Å². The lowest BCUT2D eigenvalue weighted by molar-refractivity contribution is 0.0979. The first-order chi connectivity index (χ1) is 11.4. The third-order valence-corrected chi connectivity index (χ3v) is 3.69. The first-order valence-electron chi connectivity index (χ1n) is 6.67. The molecule has 24 heavy (non-hydrogen) atoms. The number of rotatable bonds is 2. The molecule has 0 unspecified atom stereocenters. The highest BCUT2D eigenvalue weighted by Gasteiger charge is 2.30. The van der Waals surface area contributed by atoms with Crippen molar-refractivity contribution in [1.29, 1.82) is 0 Å². The van der Waals surface area contributed by atoms with Crippen molar-refractivity contribution in [3.63, 3.8) is 0 Å². The van der Waals surface area contributed by atoms with Gasteiger partial charge in [0.25, 0.3) is 0 Å². The number of anilines is 2. The second-order valence-electron chi connectivity index (χ2n) is 4.98. The maximum absolute atomic E-state index is 12.6. The molecule has 0 fully saturated rings. The Morgan fingerprint density at radius 3 is 1.38 bits per heavy atom. The summed E-state index contributed by atoms with van der Waals surface area (Å²) in [5, 5.41) is 3.09. The lowest BCUT2D eigenvalue weighted by Gasteiger charge is -2.19. The highest BCUT2D eigenvalue weighted by atomic mass is 35.5. The first kappa shape index (κ1) is 16.2. The molecular weight excluding hydrogens is 355 g/mol. The van der Waals surface area contributed by atoms with Gasteiger partial charge in [-0.15, -0.1) is 0 Å². The zero-order valence-corrected chi connectivity index (χ0v) is 13.4. The number of fused-ring (bicyclic) bond motifs is 2. The van der Waals surface area contributed by atoms with E-state index in [2.05, 4.69) is 10.6 Å². The number of ketones is 2. The van der Waals surface area contributed by atoms with Gasteiger partial charge in [-0.1, -0.05) is 0 Å². The average molecular weight is 363 g/mol. The molecule has 2 amide bonds. The Morgan fingerprint density at radius 1 is 0.667 bits per heavy atom. The lowest BCUT2D eigenvalue weighted by Crippen LogP contribution is -2.21. The summed E-state index contributed by atoms with van der Waals surface area (Å²) in [6, 6.07) is 8.61. The largest absolute Gasteiger partial charge is 0.318 e. The second kappa shape index (κ2) is 6.07. The molecule has 0 saturated carbocycles. The molecule has 0 radical (unpaired) electrons. The summed E-state index contributed by atoms with van der Waals surface area (Å²) in [6.45, 7) is 0. The summed E-state index contributed by atoms with van der Waals surface area (Å²) in [5.41, 5.74) is 1.37. The quantitative estimate of drug-likeness (QED) is 0.532. The molecule has 0 atom stereocenters. The van der Waals surface area contributed by atoms with Crippen LogP contribution in [-0.4, -0.2) is 22.3 Å². The van der Waals surface area contributed by atoms with Crippen molar-refractivity contribution in [3.8, 4) is 0 Å². The van der Waals surface area contributed by atoms with Gasteiger partial charge in [0.15, 0.2) is 11.6 Å². The van der Waals surface area contributed by atoms with E-state index in [0.717, 1.165) is 0 Å². The molecule has 0 aromatic heterocycles. The minimum Gasteiger partial charge on any atom is -0.312 e. The fraction of sp³-hybridized carbons (Fsp3) is 0. The molecule has 0 heterocycles. The van der Waals surface area contributed by atoms with Crippen molar-refractivity contribution in [2.45, 2.75) is 0 Å². The molecule has 8 heteroatoms. The fourth-order valence-electron chi connectivity index (χ4n) is 2.53. The number of nitrogens with one attached hydrogen (secondary N) is 2. The van der Waals surface area contributed by atoms with Crippen LogP contribution in [0.3, 0.4) is 0 Å². The minimum atomic E-state index is -0.800. The van der Waals surface area contributed by atoms with Crippen LogP contribution in [-0.2, 0) is 0 Å². The number of hydrogen-bond acceptors (Lipinski definition) is 4. The molecule has 3 rings (SSSR count). The molecule has 1 aliphatic rings. The molecule has 2 aromatic rings. The SMILES string of the molecule is O=C(Cl)Nc1ccc2c(c1)C(=O)c1ccc(NC(=O)Cl)cc1C2=O. The van der Waals surface area contributed by atoms with Crippen LogP contribution in [0.15, 0.2) is 36.4 Å². The van der Waals surface area contributed by atoms with E-state index in [1.807, 2.05) is 0 Å². The normalized spacial score (nSPS) is 12.2. The zero-order valence-electron chi connectivity index (χ0n) is 11.9. The van der Waals surface area contributed by atoms with Crippen molar-refractivity contribution >= 4 is 56.9 Å². The Morgan fingerprint density at radius 2 is 1.04 bits per heavy atom. The average Bonchev–Trinajstić information content (AvgIpc) is 2.51. The van der Waals surface area contributed by atoms with Gasteiger partial charge in [0.2, 0.25) is 0 Å². The number of amides is 2. The Hall–Kier alpha value is -2.70. The smallest absolute Gasteiger partial charge is 0.312 e. The van der Waals surface area contributed by atoms with Crippen LogP contribution >= 0.6 is 23.2 Å². The van der Waals surface area contributed by atoms with Crippen LogP contribution in [0.25, 0.3) is 0 Å². The number of carbonyl (C=O) groups excluding carboxylic acids is 4. The highest BCUT2D eigenvalue weighted by molar-refractivity contribution is 6.66. The molecule has 0 saturated heterocycles. The Balaban J connectivity index is 2.07. The van der Waals surface area contributed by atoms with E-state index in [9.17, 15) is 19.2 Å². The van der Waals surface area contributed by atoms with Gasteiger partial charge >= 0.3 is 10.7 Å². The summed E-state index contributed by atoms with van der Waals surface area (Å²) in [6.07, 6.45) is 0. The van der Waals surface area contributed by atoms with E-state index in [1.54, 1.807) is 0 Å². The van der Waals surface area contributed by atoms with Crippen LogP contribution < -0.4 is 10.6 Å². The molecule has 120 valence electrons. The van der Waals surface area contributed by atoms with E-state index >= 15 is 0 Å². The minimum absolute atomic E-state index is 0.171. The van der Waals surface area contributed by atoms with E-state index < -0.39 is 10.7 Å². The highest BCUT2D eigenvalue weighted by Crippen LogP contribution is 2.31. The molecule has 2 aromatic carbocycles. The van der Waals surface area contributed by atoms with Crippen LogP contribution in [0.1, 0.15) is 31.8 Å². The number of carbonyl (C=O) groups is 4. The summed E-state index contributed by atoms with van der Waals surface area (Å²) in [4.78, 5) is 47.0. The second-order valence-corrected chi connectivity index (χ2v) is 5.66. The van der Waals surface area contributed by atoms with Gasteiger partial charge in [0.1, 0.15) is 0 Å². The lowest BCUT2D eigenvalue weighted by atomic mass is 9.83. The zero-order chi connectivity index (χ0) is 17.4. The molecule has 6 nitrogen and oxygen atoms in total. The van der Waals surface area contributed by atoms with Gasteiger partial charge in [-0.2, -0.15) is 0 Å². The van der Waals surface area contributed by atoms with Gasteiger partial charge < -0.3 is 10.6 Å². The predicted molar refractivity (Wildman–Crippen MR) is 89.5 cm³/mol. The monoisotopic (exact) mass is 362 g/mol. The molecule has 1 aliphatic carbocycles. The molecule has 0 bridgehead atoms. The van der Waals surface area contributed by atoms with Gasteiger partial charge in [-0.3, -0.25) is 19.2 Å². The van der Waals surface area contributed by atoms with Crippen LogP contribution in [0.5, 0.6) is 0 Å². The predicted octanol–water partition coefficient (Wildman–Crippen LogP) is 4.00. The molecule has 0 aliphatic heterocycles. The summed E-state index contributed by atoms with van der Waals surface area (Å²) >= 11 is 10.5. The standard InChI is InChI=1S/C16H8Cl2N2O4/c17-15(23)19-7-1-3-9-11(5-7)14(22)10-4-2-8(20-16(18)24)6-12(10)13(9)21/h1-6H,(H,19,23)(H,20,24). The maximum Gasteiger partial charge on any atom is 0.318 e. The number of halogens is 2. The van der Waals surface area contributed by atoms with E-state index in [1.165, 1.54) is 36.4 Å². The van der Waals surface area contributed by atoms with E-state index in [4.69, 9.17) is 23.2 Å². The van der Waals surface area contributed by atoms with Crippen molar-refractivity contribution in [2.24, 2.45) is 0 Å². The third-order valence-electron chi connectivity index (χ3n) is 3.50. The van der Waals surface area contributed by atoms with E-state index in [0.29, 0.717) is 11.4 Å². The fourth-order valence-corrected chi connectivity index (χ4v) is 2.75. The Bertz CT molecular complexity index is 849. The summed E-state index contributed by atoms with van der Waals surface area (Å²) in [5.74, 6) is -0.733. The van der Waals surface area contributed by atoms with Gasteiger partial charge in [-0.05, 0) is 59.6 Å². The van der Waals surface area contributed by atoms with Crippen molar-refractivity contribution in [1.82, 2.24) is 0 Å².